The molecule has 1 aromatic heterocycles. The Labute approximate surface area is 158 Å². The Morgan fingerprint density at radius 2 is 2.15 bits per heavy atom. The molecule has 1 aliphatic heterocycles. The molecule has 1 fully saturated rings. The molecule has 1 aliphatic rings. The number of aromatic nitrogens is 2. The molecule has 26 heavy (non-hydrogen) atoms. The molecule has 0 radical (unpaired) electrons. The van der Waals surface area contributed by atoms with E-state index in [0.29, 0.717) is 18.9 Å². The third-order valence-corrected chi connectivity index (χ3v) is 4.76. The monoisotopic (exact) mass is 374 g/mol. The Morgan fingerprint density at radius 1 is 1.38 bits per heavy atom. The molecule has 1 aromatic carbocycles. The minimum Gasteiger partial charge on any atom is -0.496 e. The van der Waals surface area contributed by atoms with Crippen molar-refractivity contribution in [2.75, 3.05) is 26.7 Å². The lowest BCUT2D eigenvalue weighted by Crippen LogP contribution is -2.49. The van der Waals surface area contributed by atoms with E-state index in [9.17, 15) is 4.79 Å². The number of ether oxygens (including phenoxy) is 1. The zero-order valence-electron chi connectivity index (χ0n) is 15.2. The molecular formula is C19H23ClN4O2. The summed E-state index contributed by atoms with van der Waals surface area (Å²) in [5, 5.41) is 3.62. The number of hydrogen-bond acceptors (Lipinski definition) is 5. The van der Waals surface area contributed by atoms with E-state index < -0.39 is 0 Å². The highest BCUT2D eigenvalue weighted by atomic mass is 35.5. The maximum atomic E-state index is 13.3. The van der Waals surface area contributed by atoms with Crippen molar-refractivity contribution in [2.24, 2.45) is 0 Å². The fourth-order valence-corrected chi connectivity index (χ4v) is 3.28. The predicted octanol–water partition coefficient (Wildman–Crippen LogP) is 3.05. The lowest BCUT2D eigenvalue weighted by Gasteiger charge is -2.37. The van der Waals surface area contributed by atoms with E-state index in [1.807, 2.05) is 43.0 Å². The number of rotatable bonds is 4. The molecule has 1 unspecified atom stereocenters. The van der Waals surface area contributed by atoms with Crippen LogP contribution in [0.5, 0.6) is 5.75 Å². The van der Waals surface area contributed by atoms with Crippen LogP contribution >= 0.6 is 11.6 Å². The van der Waals surface area contributed by atoms with Crippen molar-refractivity contribution in [1.29, 1.82) is 0 Å². The Balaban J connectivity index is 1.98. The first kappa shape index (κ1) is 18.6. The molecule has 3 rings (SSSR count). The minimum atomic E-state index is -0.184. The normalized spacial score (nSPS) is 17.4. The second-order valence-electron chi connectivity index (χ2n) is 6.54. The molecule has 1 saturated heterocycles. The summed E-state index contributed by atoms with van der Waals surface area (Å²) in [6.07, 6.45) is 1.51. The number of nitrogens with zero attached hydrogens (tertiary/aromatic N) is 3. The van der Waals surface area contributed by atoms with Crippen molar-refractivity contribution in [1.82, 2.24) is 20.2 Å². The van der Waals surface area contributed by atoms with Crippen molar-refractivity contribution >= 4 is 17.5 Å². The van der Waals surface area contributed by atoms with Gasteiger partial charge in [0.1, 0.15) is 11.6 Å². The van der Waals surface area contributed by atoms with Crippen LogP contribution in [0.15, 0.2) is 30.5 Å². The molecular weight excluding hydrogens is 352 g/mol. The van der Waals surface area contributed by atoms with Crippen LogP contribution in [-0.2, 0) is 0 Å². The summed E-state index contributed by atoms with van der Waals surface area (Å²) in [5.41, 5.74) is 1.22. The van der Waals surface area contributed by atoms with Gasteiger partial charge in [-0.25, -0.2) is 9.97 Å². The number of carbonyl (C=O) groups is 1. The molecule has 2 aromatic rings. The number of hydrogen-bond donors (Lipinski definition) is 1. The van der Waals surface area contributed by atoms with Gasteiger partial charge in [-0.1, -0.05) is 43.6 Å². The second-order valence-corrected chi connectivity index (χ2v) is 6.95. The average molecular weight is 375 g/mol. The van der Waals surface area contributed by atoms with E-state index in [4.69, 9.17) is 16.3 Å². The van der Waals surface area contributed by atoms with Gasteiger partial charge in [-0.2, -0.15) is 0 Å². The van der Waals surface area contributed by atoms with Gasteiger partial charge in [-0.05, 0) is 6.07 Å². The summed E-state index contributed by atoms with van der Waals surface area (Å²) >= 11 is 6.25. The molecule has 0 spiro atoms. The van der Waals surface area contributed by atoms with Crippen molar-refractivity contribution in [3.63, 3.8) is 0 Å². The van der Waals surface area contributed by atoms with E-state index >= 15 is 0 Å². The van der Waals surface area contributed by atoms with Crippen LogP contribution in [-0.4, -0.2) is 47.5 Å². The molecule has 2 heterocycles. The molecule has 138 valence electrons. The van der Waals surface area contributed by atoms with Crippen molar-refractivity contribution in [3.05, 3.63) is 52.6 Å². The topological polar surface area (TPSA) is 67.3 Å². The second kappa shape index (κ2) is 8.01. The number of carbonyl (C=O) groups excluding carboxylic acids is 1. The fraction of sp³-hybridized carbons (Fsp3) is 0.421. The smallest absolute Gasteiger partial charge is 0.274 e. The zero-order valence-corrected chi connectivity index (χ0v) is 16.0. The van der Waals surface area contributed by atoms with Gasteiger partial charge in [0.15, 0.2) is 5.69 Å². The van der Waals surface area contributed by atoms with Crippen LogP contribution < -0.4 is 10.1 Å². The summed E-state index contributed by atoms with van der Waals surface area (Å²) in [7, 11) is 1.64. The van der Waals surface area contributed by atoms with Gasteiger partial charge in [-0.3, -0.25) is 4.79 Å². The molecule has 1 amide bonds. The summed E-state index contributed by atoms with van der Waals surface area (Å²) in [6, 6.07) is 7.60. The van der Waals surface area contributed by atoms with E-state index in [2.05, 4.69) is 15.3 Å². The van der Waals surface area contributed by atoms with Crippen LogP contribution in [0.4, 0.5) is 0 Å². The molecule has 1 N–H and O–H groups in total. The standard InChI is InChI=1S/C19H23ClN4O2/c1-12(2)18-22-10-14(20)17(23-18)19(25)24-9-8-21-11-15(24)13-6-4-5-7-16(13)26-3/h4-7,10,12,15,21H,8-9,11H2,1-3H3. The predicted molar refractivity (Wildman–Crippen MR) is 101 cm³/mol. The quantitative estimate of drug-likeness (QED) is 0.890. The first-order chi connectivity index (χ1) is 12.5. The van der Waals surface area contributed by atoms with Crippen LogP contribution in [0.3, 0.4) is 0 Å². The average Bonchev–Trinajstić information content (AvgIpc) is 2.67. The van der Waals surface area contributed by atoms with Gasteiger partial charge in [0.2, 0.25) is 0 Å². The lowest BCUT2D eigenvalue weighted by atomic mass is 10.0. The van der Waals surface area contributed by atoms with E-state index in [0.717, 1.165) is 17.9 Å². The first-order valence-corrected chi connectivity index (χ1v) is 9.07. The third-order valence-electron chi connectivity index (χ3n) is 4.48. The molecule has 7 heteroatoms. The first-order valence-electron chi connectivity index (χ1n) is 8.70. The zero-order chi connectivity index (χ0) is 18.7. The van der Waals surface area contributed by atoms with Crippen molar-refractivity contribution in [2.45, 2.75) is 25.8 Å². The number of nitrogens with one attached hydrogen (secondary N) is 1. The van der Waals surface area contributed by atoms with Gasteiger partial charge in [0, 0.05) is 31.1 Å². The van der Waals surface area contributed by atoms with Gasteiger partial charge in [0.05, 0.1) is 24.4 Å². The number of para-hydroxylation sites is 1. The maximum absolute atomic E-state index is 13.3. The number of halogens is 1. The van der Waals surface area contributed by atoms with E-state index in [1.165, 1.54) is 6.20 Å². The highest BCUT2D eigenvalue weighted by molar-refractivity contribution is 6.33. The Hall–Kier alpha value is -2.18. The van der Waals surface area contributed by atoms with Crippen molar-refractivity contribution in [3.8, 4) is 5.75 Å². The number of piperazine rings is 1. The largest absolute Gasteiger partial charge is 0.496 e. The van der Waals surface area contributed by atoms with Crippen LogP contribution in [0, 0.1) is 0 Å². The third kappa shape index (κ3) is 3.66. The van der Waals surface area contributed by atoms with Crippen LogP contribution in [0.25, 0.3) is 0 Å². The Morgan fingerprint density at radius 3 is 2.88 bits per heavy atom. The van der Waals surface area contributed by atoms with Crippen LogP contribution in [0.1, 0.15) is 47.7 Å². The van der Waals surface area contributed by atoms with Crippen LogP contribution in [0.2, 0.25) is 5.02 Å². The summed E-state index contributed by atoms with van der Waals surface area (Å²) in [5.74, 6) is 1.31. The maximum Gasteiger partial charge on any atom is 0.274 e. The van der Waals surface area contributed by atoms with Gasteiger partial charge < -0.3 is 15.0 Å². The molecule has 0 saturated carbocycles. The lowest BCUT2D eigenvalue weighted by molar-refractivity contribution is 0.0625. The molecule has 0 aliphatic carbocycles. The SMILES string of the molecule is COc1ccccc1C1CNCCN1C(=O)c1nc(C(C)C)ncc1Cl. The van der Waals surface area contributed by atoms with Gasteiger partial charge in [0.25, 0.3) is 5.91 Å². The Kier molecular flexibility index (Phi) is 5.74. The van der Waals surface area contributed by atoms with E-state index in [-0.39, 0.29) is 28.6 Å². The molecule has 1 atom stereocenters. The molecule has 0 bridgehead atoms. The number of amides is 1. The summed E-state index contributed by atoms with van der Waals surface area (Å²) < 4.78 is 5.49. The molecule has 6 nitrogen and oxygen atoms in total. The highest BCUT2D eigenvalue weighted by Crippen LogP contribution is 2.31. The van der Waals surface area contributed by atoms with Crippen molar-refractivity contribution < 1.29 is 9.53 Å². The van der Waals surface area contributed by atoms with E-state index in [1.54, 1.807) is 7.11 Å². The van der Waals surface area contributed by atoms with Gasteiger partial charge in [-0.15, -0.1) is 0 Å². The highest BCUT2D eigenvalue weighted by Gasteiger charge is 2.32. The Bertz CT molecular complexity index is 797. The summed E-state index contributed by atoms with van der Waals surface area (Å²) in [4.78, 5) is 23.7. The van der Waals surface area contributed by atoms with Gasteiger partial charge >= 0.3 is 0 Å². The number of methoxy groups -OCH3 is 1. The fourth-order valence-electron chi connectivity index (χ4n) is 3.11. The summed E-state index contributed by atoms with van der Waals surface area (Å²) in [6.45, 7) is 5.90. The number of benzene rings is 1. The minimum absolute atomic E-state index is 0.117.